The molecule has 0 atom stereocenters. The summed E-state index contributed by atoms with van der Waals surface area (Å²) >= 11 is 1.85. The third-order valence-electron chi connectivity index (χ3n) is 6.07. The van der Waals surface area contributed by atoms with Crippen molar-refractivity contribution in [2.24, 2.45) is 0 Å². The Balaban J connectivity index is 1.39. The molecule has 1 aromatic carbocycles. The number of anilines is 1. The lowest BCUT2D eigenvalue weighted by molar-refractivity contribution is 0.0746. The van der Waals surface area contributed by atoms with Crippen molar-refractivity contribution in [3.05, 3.63) is 51.7 Å². The lowest BCUT2D eigenvalue weighted by Gasteiger charge is -2.36. The van der Waals surface area contributed by atoms with E-state index in [0.29, 0.717) is 0 Å². The molecule has 1 saturated heterocycles. The van der Waals surface area contributed by atoms with Crippen LogP contribution in [0.2, 0.25) is 0 Å². The Morgan fingerprint density at radius 3 is 2.45 bits per heavy atom. The molecule has 2 aliphatic rings. The molecule has 1 aliphatic carbocycles. The van der Waals surface area contributed by atoms with Crippen molar-refractivity contribution in [2.45, 2.75) is 39.5 Å². The highest BCUT2D eigenvalue weighted by molar-refractivity contribution is 7.19. The molecule has 0 unspecified atom stereocenters. The number of aryl methyl sites for hydroxylation is 4. The average molecular weight is 407 g/mol. The van der Waals surface area contributed by atoms with Gasteiger partial charge < -0.3 is 9.80 Å². The highest BCUT2D eigenvalue weighted by atomic mass is 32.1. The Kier molecular flexibility index (Phi) is 4.74. The number of aromatic nitrogens is 2. The second kappa shape index (κ2) is 7.41. The van der Waals surface area contributed by atoms with E-state index in [1.807, 2.05) is 54.3 Å². The van der Waals surface area contributed by atoms with E-state index in [1.54, 1.807) is 0 Å². The largest absolute Gasteiger partial charge is 0.352 e. The zero-order valence-electron chi connectivity index (χ0n) is 17.1. The first-order valence-corrected chi connectivity index (χ1v) is 11.3. The summed E-state index contributed by atoms with van der Waals surface area (Å²) in [4.78, 5) is 29.4. The lowest BCUT2D eigenvalue weighted by Crippen LogP contribution is -2.49. The molecule has 5 nitrogen and oxygen atoms in total. The molecule has 0 N–H and O–H groups in total. The molecular weight excluding hydrogens is 380 g/mol. The van der Waals surface area contributed by atoms with Crippen LogP contribution >= 0.6 is 11.3 Å². The van der Waals surface area contributed by atoms with Gasteiger partial charge in [-0.2, -0.15) is 0 Å². The normalized spacial score (nSPS) is 16.9. The van der Waals surface area contributed by atoms with Crippen LogP contribution in [0.4, 0.5) is 5.82 Å². The Labute approximate surface area is 175 Å². The highest BCUT2D eigenvalue weighted by Gasteiger charge is 2.27. The fourth-order valence-corrected chi connectivity index (χ4v) is 5.77. The molecule has 6 heteroatoms. The van der Waals surface area contributed by atoms with Gasteiger partial charge in [-0.15, -0.1) is 11.3 Å². The van der Waals surface area contributed by atoms with E-state index >= 15 is 0 Å². The van der Waals surface area contributed by atoms with Gasteiger partial charge in [0, 0.05) is 36.6 Å². The molecule has 0 saturated carbocycles. The summed E-state index contributed by atoms with van der Waals surface area (Å²) in [6.07, 6.45) is 4.85. The van der Waals surface area contributed by atoms with Crippen LogP contribution in [0.15, 0.2) is 24.3 Å². The monoisotopic (exact) mass is 406 g/mol. The summed E-state index contributed by atoms with van der Waals surface area (Å²) in [6, 6.07) is 7.87. The Bertz CT molecular complexity index is 1060. The first-order chi connectivity index (χ1) is 14.1. The van der Waals surface area contributed by atoms with Crippen molar-refractivity contribution in [2.75, 3.05) is 31.1 Å². The zero-order valence-corrected chi connectivity index (χ0v) is 17.9. The predicted octanol–water partition coefficient (Wildman–Crippen LogP) is 4.15. The van der Waals surface area contributed by atoms with Crippen molar-refractivity contribution < 1.29 is 4.79 Å². The van der Waals surface area contributed by atoms with Crippen molar-refractivity contribution in [3.8, 4) is 0 Å². The molecule has 2 aromatic heterocycles. The number of hydrogen-bond acceptors (Lipinski definition) is 5. The van der Waals surface area contributed by atoms with Crippen LogP contribution in [-0.4, -0.2) is 47.0 Å². The Hall–Kier alpha value is -2.47. The third kappa shape index (κ3) is 3.39. The fraction of sp³-hybridized carbons (Fsp3) is 0.435. The summed E-state index contributed by atoms with van der Waals surface area (Å²) in [5.74, 6) is 2.04. The fourth-order valence-electron chi connectivity index (χ4n) is 4.47. The second-order valence-corrected chi connectivity index (χ2v) is 9.21. The van der Waals surface area contributed by atoms with Gasteiger partial charge in [0.15, 0.2) is 0 Å². The Morgan fingerprint density at radius 2 is 1.69 bits per heavy atom. The molecule has 150 valence electrons. The summed E-state index contributed by atoms with van der Waals surface area (Å²) < 4.78 is 0. The Morgan fingerprint density at radius 1 is 0.966 bits per heavy atom. The van der Waals surface area contributed by atoms with Gasteiger partial charge in [0.25, 0.3) is 5.91 Å². The van der Waals surface area contributed by atoms with Gasteiger partial charge in [0.2, 0.25) is 0 Å². The summed E-state index contributed by atoms with van der Waals surface area (Å²) in [6.45, 7) is 7.11. The molecular formula is C23H26N4OS. The number of nitrogens with zero attached hydrogens (tertiary/aromatic N) is 4. The summed E-state index contributed by atoms with van der Waals surface area (Å²) in [7, 11) is 0. The number of amides is 1. The topological polar surface area (TPSA) is 49.3 Å². The van der Waals surface area contributed by atoms with E-state index in [2.05, 4.69) is 4.90 Å². The highest BCUT2D eigenvalue weighted by Crippen LogP contribution is 2.39. The molecule has 1 amide bonds. The van der Waals surface area contributed by atoms with Crippen LogP contribution in [0, 0.1) is 13.8 Å². The smallest absolute Gasteiger partial charge is 0.253 e. The summed E-state index contributed by atoms with van der Waals surface area (Å²) in [5, 5.41) is 1.27. The van der Waals surface area contributed by atoms with Crippen molar-refractivity contribution in [1.29, 1.82) is 0 Å². The molecule has 1 aliphatic heterocycles. The number of carbonyl (C=O) groups is 1. The number of benzene rings is 1. The van der Waals surface area contributed by atoms with Crippen LogP contribution < -0.4 is 4.90 Å². The van der Waals surface area contributed by atoms with Crippen molar-refractivity contribution >= 4 is 33.3 Å². The minimum Gasteiger partial charge on any atom is -0.352 e. The zero-order chi connectivity index (χ0) is 20.0. The van der Waals surface area contributed by atoms with E-state index in [-0.39, 0.29) is 5.91 Å². The van der Waals surface area contributed by atoms with E-state index in [0.717, 1.165) is 54.6 Å². The number of carbonyl (C=O) groups excluding carboxylic acids is 1. The maximum absolute atomic E-state index is 12.9. The molecule has 0 bridgehead atoms. The van der Waals surface area contributed by atoms with Gasteiger partial charge in [-0.05, 0) is 57.2 Å². The summed E-state index contributed by atoms with van der Waals surface area (Å²) in [5.41, 5.74) is 3.43. The predicted molar refractivity (Wildman–Crippen MR) is 118 cm³/mol. The van der Waals surface area contributed by atoms with Crippen LogP contribution in [0.3, 0.4) is 0 Å². The second-order valence-electron chi connectivity index (χ2n) is 8.13. The minimum absolute atomic E-state index is 0.126. The first kappa shape index (κ1) is 18.6. The molecule has 29 heavy (non-hydrogen) atoms. The number of piperazine rings is 1. The maximum atomic E-state index is 12.9. The average Bonchev–Trinajstić information content (AvgIpc) is 3.11. The van der Waals surface area contributed by atoms with Gasteiger partial charge in [-0.3, -0.25) is 4.79 Å². The molecule has 0 spiro atoms. The van der Waals surface area contributed by atoms with Gasteiger partial charge >= 0.3 is 0 Å². The van der Waals surface area contributed by atoms with E-state index in [9.17, 15) is 4.79 Å². The van der Waals surface area contributed by atoms with Gasteiger partial charge in [-0.25, -0.2) is 9.97 Å². The van der Waals surface area contributed by atoms with E-state index < -0.39 is 0 Å². The molecule has 3 aromatic rings. The molecule has 0 radical (unpaired) electrons. The molecule has 3 heterocycles. The van der Waals surface area contributed by atoms with Gasteiger partial charge in [0.05, 0.1) is 5.39 Å². The van der Waals surface area contributed by atoms with Gasteiger partial charge in [0.1, 0.15) is 16.5 Å². The minimum atomic E-state index is 0.126. The number of hydrogen-bond donors (Lipinski definition) is 0. The lowest BCUT2D eigenvalue weighted by atomic mass is 9.97. The number of fused-ring (bicyclic) bond motifs is 3. The number of rotatable bonds is 2. The van der Waals surface area contributed by atoms with E-state index in [1.165, 1.54) is 40.7 Å². The standard InChI is InChI=1S/C23H26N4OS/c1-15-7-9-17(10-8-15)23(28)27-13-11-26(12-14-27)21-20-18-5-3-4-6-19(18)29-22(20)25-16(2)24-21/h7-10H,3-6,11-14H2,1-2H3. The van der Waals surface area contributed by atoms with Crippen LogP contribution in [-0.2, 0) is 12.8 Å². The van der Waals surface area contributed by atoms with Crippen molar-refractivity contribution in [3.63, 3.8) is 0 Å². The van der Waals surface area contributed by atoms with E-state index in [4.69, 9.17) is 9.97 Å². The third-order valence-corrected chi connectivity index (χ3v) is 7.26. The quantitative estimate of drug-likeness (QED) is 0.642. The van der Waals surface area contributed by atoms with Crippen LogP contribution in [0.5, 0.6) is 0 Å². The van der Waals surface area contributed by atoms with Crippen LogP contribution in [0.25, 0.3) is 10.2 Å². The van der Waals surface area contributed by atoms with Crippen molar-refractivity contribution in [1.82, 2.24) is 14.9 Å². The molecule has 1 fully saturated rings. The molecule has 5 rings (SSSR count). The van der Waals surface area contributed by atoms with Crippen LogP contribution in [0.1, 0.15) is 45.0 Å². The van der Waals surface area contributed by atoms with Gasteiger partial charge in [-0.1, -0.05) is 17.7 Å². The first-order valence-electron chi connectivity index (χ1n) is 10.5. The number of thiophene rings is 1. The SMILES string of the molecule is Cc1ccc(C(=O)N2CCN(c3nc(C)nc4sc5c(c34)CCCC5)CC2)cc1. The maximum Gasteiger partial charge on any atom is 0.253 e.